The van der Waals surface area contributed by atoms with Crippen LogP contribution < -0.4 is 0 Å². The monoisotopic (exact) mass is 305 g/mol. The van der Waals surface area contributed by atoms with E-state index in [0.29, 0.717) is 0 Å². The van der Waals surface area contributed by atoms with Gasteiger partial charge in [0.1, 0.15) is 0 Å². The highest BCUT2D eigenvalue weighted by molar-refractivity contribution is 5.24. The van der Waals surface area contributed by atoms with E-state index in [1.165, 1.54) is 30.7 Å². The van der Waals surface area contributed by atoms with Crippen molar-refractivity contribution in [1.29, 1.82) is 0 Å². The molecule has 0 atom stereocenters. The molecule has 1 rings (SSSR count). The van der Waals surface area contributed by atoms with Crippen LogP contribution in [0.2, 0.25) is 0 Å². The zero-order valence-electron chi connectivity index (χ0n) is 16.8. The molecule has 0 spiro atoms. The molecule has 0 saturated heterocycles. The molecule has 1 aromatic rings. The molecule has 0 aliphatic rings. The molecule has 0 fully saturated rings. The maximum absolute atomic E-state index is 5.00. The molecule has 0 aliphatic heterocycles. The molecule has 0 saturated carbocycles. The molecular formula is C21H39N. The number of pyridine rings is 1. The maximum Gasteiger partial charge on any atom is 0.0468 e. The summed E-state index contributed by atoms with van der Waals surface area (Å²) >= 11 is 0. The Morgan fingerprint density at radius 2 is 1.27 bits per heavy atom. The topological polar surface area (TPSA) is 12.9 Å². The van der Waals surface area contributed by atoms with Crippen molar-refractivity contribution in [1.82, 2.24) is 4.98 Å². The molecular weight excluding hydrogens is 266 g/mol. The average Bonchev–Trinajstić information content (AvgIpc) is 2.38. The Labute approximate surface area is 139 Å². The second kappa shape index (κ2) is 8.13. The molecule has 1 nitrogen and oxygen atoms in total. The Morgan fingerprint density at radius 1 is 0.818 bits per heavy atom. The lowest BCUT2D eigenvalue weighted by molar-refractivity contribution is 0.218. The molecule has 1 aromatic heterocycles. The average molecular weight is 306 g/mol. The summed E-state index contributed by atoms with van der Waals surface area (Å²) in [7, 11) is 0. The minimum Gasteiger partial charge on any atom is -0.257 e. The third kappa shape index (κ3) is 5.41. The van der Waals surface area contributed by atoms with Crippen molar-refractivity contribution in [2.75, 3.05) is 0 Å². The predicted octanol–water partition coefficient (Wildman–Crippen LogP) is 6.90. The molecule has 0 radical (unpaired) electrons. The van der Waals surface area contributed by atoms with Crippen LogP contribution in [0.5, 0.6) is 0 Å². The molecule has 1 heteroatoms. The van der Waals surface area contributed by atoms with E-state index in [-0.39, 0.29) is 16.2 Å². The highest BCUT2D eigenvalue weighted by Gasteiger charge is 2.36. The molecule has 0 unspecified atom stereocenters. The Kier molecular flexibility index (Phi) is 7.81. The van der Waals surface area contributed by atoms with E-state index < -0.39 is 0 Å². The fourth-order valence-corrected chi connectivity index (χ4v) is 2.30. The summed E-state index contributed by atoms with van der Waals surface area (Å²) in [6, 6.07) is 6.53. The first-order valence-electron chi connectivity index (χ1n) is 8.92. The highest BCUT2D eigenvalue weighted by Crippen LogP contribution is 2.40. The van der Waals surface area contributed by atoms with Gasteiger partial charge in [0.15, 0.2) is 0 Å². The zero-order valence-corrected chi connectivity index (χ0v) is 16.8. The summed E-state index contributed by atoms with van der Waals surface area (Å²) in [6.07, 6.45) is 3.63. The van der Waals surface area contributed by atoms with Gasteiger partial charge in [-0.3, -0.25) is 4.98 Å². The molecule has 0 bridgehead atoms. The van der Waals surface area contributed by atoms with Crippen LogP contribution in [0.15, 0.2) is 18.2 Å². The molecule has 22 heavy (non-hydrogen) atoms. The zero-order chi connectivity index (χ0) is 17.6. The third-order valence-corrected chi connectivity index (χ3v) is 4.83. The molecule has 1 heterocycles. The van der Waals surface area contributed by atoms with E-state index in [4.69, 9.17) is 4.98 Å². The summed E-state index contributed by atoms with van der Waals surface area (Å²) in [5, 5.41) is 0. The van der Waals surface area contributed by atoms with Gasteiger partial charge in [0.05, 0.1) is 0 Å². The quantitative estimate of drug-likeness (QED) is 0.589. The molecule has 0 amide bonds. The molecule has 0 aliphatic carbocycles. The SMILES string of the molecule is CCC.CCCC(C)(C)c1cccc(C(C)(C)C(C)(C)C)n1. The van der Waals surface area contributed by atoms with Crippen molar-refractivity contribution in [3.8, 4) is 0 Å². The summed E-state index contributed by atoms with van der Waals surface area (Å²) in [6.45, 7) is 22.6. The Morgan fingerprint density at radius 3 is 1.68 bits per heavy atom. The smallest absolute Gasteiger partial charge is 0.0468 e. The lowest BCUT2D eigenvalue weighted by Crippen LogP contribution is -2.35. The number of hydrogen-bond acceptors (Lipinski definition) is 1. The van der Waals surface area contributed by atoms with Gasteiger partial charge in [-0.25, -0.2) is 0 Å². The van der Waals surface area contributed by atoms with E-state index >= 15 is 0 Å². The van der Waals surface area contributed by atoms with Crippen molar-refractivity contribution in [2.45, 2.75) is 99.3 Å². The van der Waals surface area contributed by atoms with Gasteiger partial charge in [-0.1, -0.05) is 88.1 Å². The summed E-state index contributed by atoms with van der Waals surface area (Å²) in [4.78, 5) is 5.00. The van der Waals surface area contributed by atoms with Gasteiger partial charge in [0.25, 0.3) is 0 Å². The molecule has 0 aromatic carbocycles. The van der Waals surface area contributed by atoms with Crippen molar-refractivity contribution in [3.05, 3.63) is 29.6 Å². The van der Waals surface area contributed by atoms with Crippen LogP contribution >= 0.6 is 0 Å². The van der Waals surface area contributed by atoms with Crippen LogP contribution in [0.3, 0.4) is 0 Å². The van der Waals surface area contributed by atoms with Crippen LogP contribution in [0.4, 0.5) is 0 Å². The number of hydrogen-bond donors (Lipinski definition) is 0. The van der Waals surface area contributed by atoms with Crippen molar-refractivity contribution < 1.29 is 0 Å². The summed E-state index contributed by atoms with van der Waals surface area (Å²) < 4.78 is 0. The highest BCUT2D eigenvalue weighted by atomic mass is 14.8. The first-order valence-corrected chi connectivity index (χ1v) is 8.92. The van der Waals surface area contributed by atoms with E-state index in [2.05, 4.69) is 87.4 Å². The second-order valence-corrected chi connectivity index (χ2v) is 8.62. The van der Waals surface area contributed by atoms with E-state index in [1.54, 1.807) is 0 Å². The largest absolute Gasteiger partial charge is 0.257 e. The van der Waals surface area contributed by atoms with Crippen LogP contribution in [-0.2, 0) is 10.8 Å². The predicted molar refractivity (Wildman–Crippen MR) is 101 cm³/mol. The van der Waals surface area contributed by atoms with E-state index in [9.17, 15) is 0 Å². The number of aromatic nitrogens is 1. The normalized spacial score (nSPS) is 12.6. The van der Waals surface area contributed by atoms with Crippen LogP contribution in [-0.4, -0.2) is 4.98 Å². The third-order valence-electron chi connectivity index (χ3n) is 4.83. The van der Waals surface area contributed by atoms with Gasteiger partial charge < -0.3 is 0 Å². The van der Waals surface area contributed by atoms with Crippen molar-refractivity contribution in [3.63, 3.8) is 0 Å². The summed E-state index contributed by atoms with van der Waals surface area (Å²) in [5.41, 5.74) is 2.88. The van der Waals surface area contributed by atoms with E-state index in [0.717, 1.165) is 0 Å². The minimum absolute atomic E-state index is 0.0747. The number of nitrogens with zero attached hydrogens (tertiary/aromatic N) is 1. The Hall–Kier alpha value is -0.850. The lowest BCUT2D eigenvalue weighted by atomic mass is 9.67. The fraction of sp³-hybridized carbons (Fsp3) is 0.762. The molecule has 128 valence electrons. The van der Waals surface area contributed by atoms with Gasteiger partial charge in [-0.05, 0) is 24.0 Å². The lowest BCUT2D eigenvalue weighted by Gasteiger charge is -2.39. The Balaban J connectivity index is 0.00000135. The van der Waals surface area contributed by atoms with Gasteiger partial charge in [-0.15, -0.1) is 0 Å². The fourth-order valence-electron chi connectivity index (χ4n) is 2.30. The van der Waals surface area contributed by atoms with Crippen LogP contribution in [0.25, 0.3) is 0 Å². The Bertz CT molecular complexity index is 435. The summed E-state index contributed by atoms with van der Waals surface area (Å²) in [5.74, 6) is 0. The van der Waals surface area contributed by atoms with Crippen molar-refractivity contribution >= 4 is 0 Å². The van der Waals surface area contributed by atoms with Gasteiger partial charge in [0, 0.05) is 22.2 Å². The number of rotatable bonds is 4. The van der Waals surface area contributed by atoms with Gasteiger partial charge in [-0.2, -0.15) is 0 Å². The second-order valence-electron chi connectivity index (χ2n) is 8.62. The maximum atomic E-state index is 5.00. The first kappa shape index (κ1) is 21.1. The first-order chi connectivity index (χ1) is 9.94. The standard InChI is InChI=1S/C18H31N.C3H8/c1-9-13-17(5,6)14-11-10-12-15(19-14)18(7,8)16(2,3)4;1-3-2/h10-12H,9,13H2,1-8H3;3H2,1-2H3. The molecule has 0 N–H and O–H groups in total. The van der Waals surface area contributed by atoms with Gasteiger partial charge >= 0.3 is 0 Å². The van der Waals surface area contributed by atoms with Crippen LogP contribution in [0.1, 0.15) is 99.9 Å². The minimum atomic E-state index is 0.0747. The van der Waals surface area contributed by atoms with Gasteiger partial charge in [0.2, 0.25) is 0 Å². The van der Waals surface area contributed by atoms with E-state index in [1.807, 2.05) is 0 Å². The van der Waals surface area contributed by atoms with Crippen LogP contribution in [0, 0.1) is 5.41 Å². The van der Waals surface area contributed by atoms with Crippen molar-refractivity contribution in [2.24, 2.45) is 5.41 Å².